The van der Waals surface area contributed by atoms with E-state index in [1.165, 1.54) is 0 Å². The number of nitrogens with zero attached hydrogens (tertiary/aromatic N) is 1. The Morgan fingerprint density at radius 2 is 0.791 bits per heavy atom. The highest BCUT2D eigenvalue weighted by molar-refractivity contribution is 7.44. The largest absolute Gasteiger partial charge is 0.341 e. The zero-order valence-corrected chi connectivity index (χ0v) is 27.3. The van der Waals surface area contributed by atoms with E-state index in [1.807, 2.05) is 27.9 Å². The average molecular weight is 596 g/mol. The molecule has 2 saturated heterocycles. The van der Waals surface area contributed by atoms with E-state index in [1.54, 1.807) is 0 Å². The second-order valence-corrected chi connectivity index (χ2v) is 14.1. The molecule has 4 aromatic carbocycles. The number of ether oxygens (including phenoxy) is 2. The maximum atomic E-state index is 7.54. The summed E-state index contributed by atoms with van der Waals surface area (Å²) in [5, 5.41) is 0. The molecule has 0 bridgehead atoms. The maximum absolute atomic E-state index is 7.54. The van der Waals surface area contributed by atoms with E-state index in [9.17, 15) is 0 Å². The first kappa shape index (κ1) is 30.1. The molecule has 0 spiro atoms. The minimum Gasteiger partial charge on any atom is -0.341 e. The van der Waals surface area contributed by atoms with Crippen LogP contribution in [0.3, 0.4) is 0 Å². The third-order valence-corrected chi connectivity index (χ3v) is 10.4. The Labute approximate surface area is 257 Å². The molecule has 2 unspecified atom stereocenters. The lowest BCUT2D eigenvalue weighted by Gasteiger charge is -2.43. The summed E-state index contributed by atoms with van der Waals surface area (Å²) in [6.45, 7) is 12.6. The van der Waals surface area contributed by atoms with Crippen LogP contribution >= 0.6 is 8.53 Å². The smallest absolute Gasteiger partial charge is 0.260 e. The Bertz CT molecular complexity index is 1430. The van der Waals surface area contributed by atoms with Crippen molar-refractivity contribution in [3.63, 3.8) is 0 Å². The van der Waals surface area contributed by atoms with Crippen molar-refractivity contribution in [2.75, 3.05) is 14.1 Å². The topological polar surface area (TPSA) is 40.2 Å². The van der Waals surface area contributed by atoms with Crippen LogP contribution in [-0.4, -0.2) is 36.8 Å². The van der Waals surface area contributed by atoms with Crippen LogP contribution in [0.25, 0.3) is 0 Å². The van der Waals surface area contributed by atoms with Crippen molar-refractivity contribution in [1.29, 1.82) is 0 Å². The molecule has 2 aliphatic rings. The second-order valence-electron chi connectivity index (χ2n) is 12.5. The molecule has 0 aliphatic carbocycles. The summed E-state index contributed by atoms with van der Waals surface area (Å²) in [5.41, 5.74) is 6.56. The van der Waals surface area contributed by atoms with Crippen LogP contribution in [0.4, 0.5) is 0 Å². The molecule has 2 heterocycles. The number of hydrogen-bond acceptors (Lipinski definition) is 5. The van der Waals surface area contributed by atoms with E-state index >= 15 is 0 Å². The standard InChI is InChI=1S/C37H42NO4P/c1-25-17-9-13-21-29(25)36(30-22-14-10-18-26(30)2)33-34(40-35(5,6)39-33)37(42-43(41-36)38(7)8,31-23-15-11-19-27(31)3)32-24-16-12-20-28(32)4/h9-24,33-34H,1-8H3. The van der Waals surface area contributed by atoms with Crippen LogP contribution in [0.2, 0.25) is 0 Å². The number of benzene rings is 4. The van der Waals surface area contributed by atoms with Crippen molar-refractivity contribution in [3.05, 3.63) is 142 Å². The third kappa shape index (κ3) is 4.88. The second kappa shape index (κ2) is 11.2. The molecule has 6 heteroatoms. The zero-order chi connectivity index (χ0) is 30.6. The van der Waals surface area contributed by atoms with E-state index < -0.39 is 37.7 Å². The molecule has 2 atom stereocenters. The zero-order valence-electron chi connectivity index (χ0n) is 26.4. The van der Waals surface area contributed by atoms with Gasteiger partial charge in [0.15, 0.2) is 17.0 Å². The van der Waals surface area contributed by atoms with Gasteiger partial charge in [-0.15, -0.1) is 0 Å². The highest BCUT2D eigenvalue weighted by Gasteiger charge is 2.68. The molecule has 6 rings (SSSR count). The summed E-state index contributed by atoms with van der Waals surface area (Å²) < 4.78 is 31.4. The van der Waals surface area contributed by atoms with Crippen LogP contribution in [-0.2, 0) is 29.7 Å². The molecule has 0 N–H and O–H groups in total. The lowest BCUT2D eigenvalue weighted by Crippen LogP contribution is -2.54. The van der Waals surface area contributed by atoms with E-state index in [0.29, 0.717) is 0 Å². The van der Waals surface area contributed by atoms with Crippen LogP contribution in [0.15, 0.2) is 97.1 Å². The first-order valence-electron chi connectivity index (χ1n) is 15.0. The first-order valence-corrected chi connectivity index (χ1v) is 16.1. The van der Waals surface area contributed by atoms with Crippen molar-refractivity contribution >= 4 is 8.53 Å². The molecule has 2 aliphatic heterocycles. The molecular weight excluding hydrogens is 553 g/mol. The van der Waals surface area contributed by atoms with E-state index in [2.05, 4.69) is 129 Å². The van der Waals surface area contributed by atoms with Gasteiger partial charge in [0.25, 0.3) is 8.53 Å². The normalized spacial score (nSPS) is 24.0. The Balaban J connectivity index is 1.78. The van der Waals surface area contributed by atoms with Crippen LogP contribution < -0.4 is 0 Å². The Morgan fingerprint density at radius 3 is 1.05 bits per heavy atom. The number of rotatable bonds is 5. The van der Waals surface area contributed by atoms with Gasteiger partial charge in [0, 0.05) is 0 Å². The molecule has 224 valence electrons. The number of fused-ring (bicyclic) bond motifs is 1. The van der Waals surface area contributed by atoms with Crippen molar-refractivity contribution in [2.24, 2.45) is 0 Å². The fourth-order valence-electron chi connectivity index (χ4n) is 6.95. The predicted molar refractivity (Wildman–Crippen MR) is 173 cm³/mol. The van der Waals surface area contributed by atoms with Crippen LogP contribution in [0.5, 0.6) is 0 Å². The Kier molecular flexibility index (Phi) is 7.88. The Hall–Kier alpha value is -2.89. The summed E-state index contributed by atoms with van der Waals surface area (Å²) in [6.07, 6.45) is -1.15. The molecule has 2 fully saturated rings. The molecule has 0 saturated carbocycles. The molecule has 0 aromatic heterocycles. The van der Waals surface area contributed by atoms with Crippen LogP contribution in [0.1, 0.15) is 58.4 Å². The van der Waals surface area contributed by atoms with Gasteiger partial charge in [-0.25, -0.2) is 4.67 Å². The monoisotopic (exact) mass is 595 g/mol. The minimum absolute atomic E-state index is 0.573. The van der Waals surface area contributed by atoms with Crippen molar-refractivity contribution < 1.29 is 18.5 Å². The number of aryl methyl sites for hydroxylation is 4. The van der Waals surface area contributed by atoms with Gasteiger partial charge in [-0.1, -0.05) is 97.1 Å². The molecule has 43 heavy (non-hydrogen) atoms. The highest BCUT2D eigenvalue weighted by Crippen LogP contribution is 2.66. The fraction of sp³-hybridized carbons (Fsp3) is 0.351. The molecular formula is C37H42NO4P. The highest BCUT2D eigenvalue weighted by atomic mass is 31.2. The lowest BCUT2D eigenvalue weighted by molar-refractivity contribution is -0.175. The van der Waals surface area contributed by atoms with Gasteiger partial charge in [0.2, 0.25) is 0 Å². The van der Waals surface area contributed by atoms with E-state index in [-0.39, 0.29) is 0 Å². The summed E-state index contributed by atoms with van der Waals surface area (Å²) in [6, 6.07) is 33.9. The van der Waals surface area contributed by atoms with Crippen LogP contribution in [0, 0.1) is 27.7 Å². The van der Waals surface area contributed by atoms with Gasteiger partial charge in [-0.2, -0.15) is 0 Å². The van der Waals surface area contributed by atoms with Crippen molar-refractivity contribution in [1.82, 2.24) is 4.67 Å². The molecule has 4 aromatic rings. The van der Waals surface area contributed by atoms with Crippen molar-refractivity contribution in [2.45, 2.75) is 70.7 Å². The molecule has 0 amide bonds. The minimum atomic E-state index is -1.66. The third-order valence-electron chi connectivity index (χ3n) is 8.85. The fourth-order valence-corrected chi connectivity index (χ4v) is 8.40. The summed E-state index contributed by atoms with van der Waals surface area (Å²) in [4.78, 5) is 0. The summed E-state index contributed by atoms with van der Waals surface area (Å²) >= 11 is 0. The number of hydrogen-bond donors (Lipinski definition) is 0. The summed E-state index contributed by atoms with van der Waals surface area (Å²) in [5.74, 6) is -0.909. The van der Waals surface area contributed by atoms with Gasteiger partial charge < -0.3 is 18.5 Å². The van der Waals surface area contributed by atoms with Crippen molar-refractivity contribution in [3.8, 4) is 0 Å². The first-order chi connectivity index (χ1) is 20.5. The van der Waals surface area contributed by atoms with E-state index in [4.69, 9.17) is 18.5 Å². The molecule has 5 nitrogen and oxygen atoms in total. The molecule has 0 radical (unpaired) electrons. The predicted octanol–water partition coefficient (Wildman–Crippen LogP) is 8.46. The van der Waals surface area contributed by atoms with Gasteiger partial charge in [0.05, 0.1) is 0 Å². The maximum Gasteiger partial charge on any atom is 0.260 e. The summed E-state index contributed by atoms with van der Waals surface area (Å²) in [7, 11) is 2.39. The average Bonchev–Trinajstić information content (AvgIpc) is 3.25. The van der Waals surface area contributed by atoms with E-state index in [0.717, 1.165) is 44.5 Å². The lowest BCUT2D eigenvalue weighted by atomic mass is 9.69. The quantitative estimate of drug-likeness (QED) is 0.217. The SMILES string of the molecule is Cc1ccccc1C1(c2ccccc2C)OP(N(C)C)OC(c2ccccc2C)(c2ccccc2C)C2OC(C)(C)OC21. The van der Waals surface area contributed by atoms with Gasteiger partial charge in [0.1, 0.15) is 12.2 Å². The Morgan fingerprint density at radius 1 is 0.512 bits per heavy atom. The van der Waals surface area contributed by atoms with Gasteiger partial charge >= 0.3 is 0 Å². The van der Waals surface area contributed by atoms with Gasteiger partial charge in [-0.05, 0) is 100 Å². The van der Waals surface area contributed by atoms with Gasteiger partial charge in [-0.3, -0.25) is 0 Å².